The lowest BCUT2D eigenvalue weighted by atomic mass is 9.81. The third-order valence-electron chi connectivity index (χ3n) is 3.53. The van der Waals surface area contributed by atoms with Crippen molar-refractivity contribution < 1.29 is 0 Å². The van der Waals surface area contributed by atoms with Gasteiger partial charge in [-0.1, -0.05) is 37.8 Å². The van der Waals surface area contributed by atoms with Gasteiger partial charge in [0.25, 0.3) is 0 Å². The van der Waals surface area contributed by atoms with Gasteiger partial charge >= 0.3 is 0 Å². The lowest BCUT2D eigenvalue weighted by molar-refractivity contribution is 0.495. The molecule has 1 fully saturated rings. The Morgan fingerprint density at radius 3 is 2.38 bits per heavy atom. The van der Waals surface area contributed by atoms with E-state index in [1.807, 2.05) is 0 Å². The van der Waals surface area contributed by atoms with Crippen LogP contribution in [0.25, 0.3) is 0 Å². The van der Waals surface area contributed by atoms with Gasteiger partial charge in [-0.25, -0.2) is 0 Å². The molecule has 1 atom stereocenters. The van der Waals surface area contributed by atoms with Crippen LogP contribution in [0.5, 0.6) is 0 Å². The average Bonchev–Trinajstić information content (AvgIpc) is 2.02. The Morgan fingerprint density at radius 1 is 1.31 bits per heavy atom. The van der Waals surface area contributed by atoms with Crippen LogP contribution in [0.4, 0.5) is 0 Å². The summed E-state index contributed by atoms with van der Waals surface area (Å²) >= 11 is 0. The van der Waals surface area contributed by atoms with Gasteiger partial charge in [0.05, 0.1) is 0 Å². The summed E-state index contributed by atoms with van der Waals surface area (Å²) in [6, 6.07) is 0. The third kappa shape index (κ3) is 2.86. The Labute approximate surface area is 83.4 Å². The van der Waals surface area contributed by atoms with Gasteiger partial charge < -0.3 is 0 Å². The molecule has 1 saturated carbocycles. The Bertz CT molecular complexity index is 170. The SMILES string of the molecule is CCCCC(CC)C(C)=C1CCC1. The van der Waals surface area contributed by atoms with Crippen molar-refractivity contribution in [3.05, 3.63) is 11.1 Å². The van der Waals surface area contributed by atoms with Gasteiger partial charge in [-0.2, -0.15) is 0 Å². The van der Waals surface area contributed by atoms with Crippen LogP contribution < -0.4 is 0 Å². The number of rotatable bonds is 5. The molecule has 0 aromatic heterocycles. The van der Waals surface area contributed by atoms with Crippen molar-refractivity contribution in [2.24, 2.45) is 5.92 Å². The molecule has 0 aromatic carbocycles. The van der Waals surface area contributed by atoms with Crippen molar-refractivity contribution in [3.8, 4) is 0 Å². The molecule has 0 nitrogen and oxygen atoms in total. The maximum Gasteiger partial charge on any atom is -0.0206 e. The molecule has 0 N–H and O–H groups in total. The van der Waals surface area contributed by atoms with Crippen LogP contribution in [-0.4, -0.2) is 0 Å². The first-order chi connectivity index (χ1) is 6.29. The molecule has 0 spiro atoms. The molecule has 1 aliphatic carbocycles. The summed E-state index contributed by atoms with van der Waals surface area (Å²) in [5, 5.41) is 0. The molecular formula is C13H24. The van der Waals surface area contributed by atoms with Crippen molar-refractivity contribution in [1.29, 1.82) is 0 Å². The van der Waals surface area contributed by atoms with Crippen molar-refractivity contribution in [1.82, 2.24) is 0 Å². The minimum Gasteiger partial charge on any atom is -0.0710 e. The third-order valence-corrected chi connectivity index (χ3v) is 3.53. The van der Waals surface area contributed by atoms with E-state index in [1.165, 1.54) is 44.9 Å². The highest BCUT2D eigenvalue weighted by Gasteiger charge is 2.16. The monoisotopic (exact) mass is 180 g/mol. The molecule has 0 radical (unpaired) electrons. The van der Waals surface area contributed by atoms with Crippen LogP contribution in [-0.2, 0) is 0 Å². The topological polar surface area (TPSA) is 0 Å². The summed E-state index contributed by atoms with van der Waals surface area (Å²) in [4.78, 5) is 0. The number of hydrogen-bond acceptors (Lipinski definition) is 0. The van der Waals surface area contributed by atoms with Gasteiger partial charge in [0.2, 0.25) is 0 Å². The van der Waals surface area contributed by atoms with Gasteiger partial charge in [-0.15, -0.1) is 0 Å². The van der Waals surface area contributed by atoms with Crippen LogP contribution in [0.1, 0.15) is 65.7 Å². The standard InChI is InChI=1S/C13H24/c1-4-6-8-12(5-2)11(3)13-9-7-10-13/h12H,4-10H2,1-3H3. The second-order valence-corrected chi connectivity index (χ2v) is 4.39. The first-order valence-electron chi connectivity index (χ1n) is 5.98. The molecule has 0 saturated heterocycles. The van der Waals surface area contributed by atoms with Crippen molar-refractivity contribution in [3.63, 3.8) is 0 Å². The lowest BCUT2D eigenvalue weighted by Crippen LogP contribution is -2.08. The van der Waals surface area contributed by atoms with Gasteiger partial charge in [0, 0.05) is 0 Å². The largest absolute Gasteiger partial charge is 0.0710 e. The van der Waals surface area contributed by atoms with E-state index in [4.69, 9.17) is 0 Å². The van der Waals surface area contributed by atoms with Crippen molar-refractivity contribution >= 4 is 0 Å². The van der Waals surface area contributed by atoms with E-state index in [0.29, 0.717) is 0 Å². The Kier molecular flexibility index (Phi) is 4.55. The maximum atomic E-state index is 2.37. The van der Waals surface area contributed by atoms with Crippen LogP contribution in [0.3, 0.4) is 0 Å². The summed E-state index contributed by atoms with van der Waals surface area (Å²) in [5.41, 5.74) is 3.52. The molecule has 0 heteroatoms. The normalized spacial score (nSPS) is 18.2. The van der Waals surface area contributed by atoms with E-state index >= 15 is 0 Å². The first-order valence-corrected chi connectivity index (χ1v) is 5.98. The molecule has 1 rings (SSSR count). The second-order valence-electron chi connectivity index (χ2n) is 4.39. The summed E-state index contributed by atoms with van der Waals surface area (Å²) in [6.07, 6.45) is 9.75. The highest BCUT2D eigenvalue weighted by atomic mass is 14.2. The minimum absolute atomic E-state index is 0.898. The number of allylic oxidation sites excluding steroid dienone is 2. The van der Waals surface area contributed by atoms with E-state index in [2.05, 4.69) is 20.8 Å². The van der Waals surface area contributed by atoms with Crippen LogP contribution in [0.15, 0.2) is 11.1 Å². The molecule has 0 heterocycles. The molecule has 0 aromatic rings. The molecule has 13 heavy (non-hydrogen) atoms. The summed E-state index contributed by atoms with van der Waals surface area (Å²) < 4.78 is 0. The van der Waals surface area contributed by atoms with Gasteiger partial charge in [0.1, 0.15) is 0 Å². The van der Waals surface area contributed by atoms with Crippen LogP contribution in [0, 0.1) is 5.92 Å². The fraction of sp³-hybridized carbons (Fsp3) is 0.846. The molecule has 1 unspecified atom stereocenters. The van der Waals surface area contributed by atoms with E-state index < -0.39 is 0 Å². The van der Waals surface area contributed by atoms with Gasteiger partial charge in [-0.3, -0.25) is 0 Å². The van der Waals surface area contributed by atoms with Crippen LogP contribution in [0.2, 0.25) is 0 Å². The quantitative estimate of drug-likeness (QED) is 0.538. The number of hydrogen-bond donors (Lipinski definition) is 0. The zero-order chi connectivity index (χ0) is 9.68. The Balaban J connectivity index is 2.44. The molecular weight excluding hydrogens is 156 g/mol. The smallest absolute Gasteiger partial charge is 0.0206 e. The van der Waals surface area contributed by atoms with E-state index in [9.17, 15) is 0 Å². The van der Waals surface area contributed by atoms with E-state index in [1.54, 1.807) is 11.1 Å². The van der Waals surface area contributed by atoms with Crippen molar-refractivity contribution in [2.45, 2.75) is 65.7 Å². The second kappa shape index (κ2) is 5.47. The zero-order valence-electron chi connectivity index (χ0n) is 9.53. The van der Waals surface area contributed by atoms with Crippen molar-refractivity contribution in [2.75, 3.05) is 0 Å². The summed E-state index contributed by atoms with van der Waals surface area (Å²) in [6.45, 7) is 7.00. The van der Waals surface area contributed by atoms with Gasteiger partial charge in [0.15, 0.2) is 0 Å². The lowest BCUT2D eigenvalue weighted by Gasteiger charge is -2.25. The molecule has 0 amide bonds. The fourth-order valence-electron chi connectivity index (χ4n) is 2.21. The van der Waals surface area contributed by atoms with Gasteiger partial charge in [-0.05, 0) is 44.9 Å². The zero-order valence-corrected chi connectivity index (χ0v) is 9.53. The number of unbranched alkanes of at least 4 members (excludes halogenated alkanes) is 1. The summed E-state index contributed by atoms with van der Waals surface area (Å²) in [5.74, 6) is 0.898. The highest BCUT2D eigenvalue weighted by molar-refractivity contribution is 5.19. The first kappa shape index (κ1) is 10.8. The summed E-state index contributed by atoms with van der Waals surface area (Å²) in [7, 11) is 0. The van der Waals surface area contributed by atoms with Crippen LogP contribution >= 0.6 is 0 Å². The fourth-order valence-corrected chi connectivity index (χ4v) is 2.21. The predicted octanol–water partition coefficient (Wildman–Crippen LogP) is 4.70. The molecule has 0 bridgehead atoms. The molecule has 76 valence electrons. The highest BCUT2D eigenvalue weighted by Crippen LogP contribution is 2.34. The average molecular weight is 180 g/mol. The molecule has 0 aliphatic heterocycles. The Hall–Kier alpha value is -0.260. The van der Waals surface area contributed by atoms with E-state index in [-0.39, 0.29) is 0 Å². The minimum atomic E-state index is 0.898. The maximum absolute atomic E-state index is 2.37. The van der Waals surface area contributed by atoms with E-state index in [0.717, 1.165) is 5.92 Å². The molecule has 1 aliphatic rings. The Morgan fingerprint density at radius 2 is 2.00 bits per heavy atom. The predicted molar refractivity (Wildman–Crippen MR) is 59.9 cm³/mol.